The summed E-state index contributed by atoms with van der Waals surface area (Å²) in [4.78, 5) is 4.97. The predicted molar refractivity (Wildman–Crippen MR) is 228 cm³/mol. The molecule has 262 valence electrons. The van der Waals surface area contributed by atoms with Crippen molar-refractivity contribution in [3.05, 3.63) is 172 Å². The Balaban J connectivity index is 1.30. The highest BCUT2D eigenvalue weighted by molar-refractivity contribution is 6.97. The molecule has 2 heterocycles. The number of benzene rings is 6. The van der Waals surface area contributed by atoms with E-state index in [9.17, 15) is 0 Å². The van der Waals surface area contributed by atoms with Gasteiger partial charge in [-0.05, 0) is 128 Å². The van der Waals surface area contributed by atoms with Crippen LogP contribution in [-0.2, 0) is 16.2 Å². The van der Waals surface area contributed by atoms with Gasteiger partial charge < -0.3 is 9.80 Å². The first-order chi connectivity index (χ1) is 25.2. The van der Waals surface area contributed by atoms with E-state index in [0.717, 1.165) is 11.4 Å². The Morgan fingerprint density at radius 2 is 1.13 bits per heavy atom. The smallest absolute Gasteiger partial charge is 0.245 e. The van der Waals surface area contributed by atoms with Crippen molar-refractivity contribution < 1.29 is 0 Å². The Morgan fingerprint density at radius 3 is 1.74 bits per heavy atom. The minimum absolute atomic E-state index is 0.0768. The van der Waals surface area contributed by atoms with Crippen LogP contribution < -0.4 is 20.7 Å². The molecule has 2 nitrogen and oxygen atoms in total. The van der Waals surface area contributed by atoms with Crippen LogP contribution in [0.15, 0.2) is 139 Å². The van der Waals surface area contributed by atoms with Gasteiger partial charge in [-0.3, -0.25) is 0 Å². The van der Waals surface area contributed by atoms with Gasteiger partial charge in [0, 0.05) is 39.5 Å². The van der Waals surface area contributed by atoms with Crippen molar-refractivity contribution in [1.82, 2.24) is 0 Å². The zero-order valence-corrected chi connectivity index (χ0v) is 32.7. The molecule has 0 unspecified atom stereocenters. The fourth-order valence-corrected chi connectivity index (χ4v) is 9.34. The number of hydrogen-bond acceptors (Lipinski definition) is 2. The predicted octanol–water partition coefficient (Wildman–Crippen LogP) is 12.1. The van der Waals surface area contributed by atoms with Gasteiger partial charge in [0.05, 0.1) is 0 Å². The molecule has 0 spiro atoms. The van der Waals surface area contributed by atoms with Crippen LogP contribution in [0.4, 0.5) is 34.1 Å². The fourth-order valence-electron chi connectivity index (χ4n) is 9.34. The summed E-state index contributed by atoms with van der Waals surface area (Å²) in [7, 11) is 0. The molecule has 0 bridgehead atoms. The monoisotopic (exact) mass is 688 g/mol. The molecule has 53 heavy (non-hydrogen) atoms. The van der Waals surface area contributed by atoms with E-state index in [1.807, 2.05) is 0 Å². The van der Waals surface area contributed by atoms with E-state index in [-0.39, 0.29) is 23.0 Å². The highest BCUT2D eigenvalue weighted by atomic mass is 15.2. The number of nitrogens with zero attached hydrogens (tertiary/aromatic N) is 2. The van der Waals surface area contributed by atoms with Gasteiger partial charge in [0.25, 0.3) is 0 Å². The van der Waals surface area contributed by atoms with Crippen molar-refractivity contribution in [1.29, 1.82) is 0 Å². The molecular weight excluding hydrogens is 639 g/mol. The summed E-state index contributed by atoms with van der Waals surface area (Å²) in [5, 5.41) is 0. The summed E-state index contributed by atoms with van der Waals surface area (Å²) in [5.74, 6) is 0. The SMILES string of the molecule is Cc1cc2c3c(c1)N(c1ccccc1)c1ccc(N(c4ccc(C(C)(C)C)cc4)c4ccc(C(C)(C)C)cc4)cc1B3C1=C2c2ccccc2C1(C)C. The Hall–Kier alpha value is -5.28. The van der Waals surface area contributed by atoms with Crippen molar-refractivity contribution in [2.75, 3.05) is 9.80 Å². The largest absolute Gasteiger partial charge is 0.311 e. The number of fused-ring (bicyclic) bond motifs is 6. The zero-order chi connectivity index (χ0) is 37.0. The van der Waals surface area contributed by atoms with Gasteiger partial charge in [-0.1, -0.05) is 134 Å². The number of aryl methyl sites for hydroxylation is 1. The second-order valence-electron chi connectivity index (χ2n) is 18.0. The van der Waals surface area contributed by atoms with Crippen LogP contribution in [-0.4, -0.2) is 6.71 Å². The van der Waals surface area contributed by atoms with Crippen molar-refractivity contribution in [2.24, 2.45) is 0 Å². The van der Waals surface area contributed by atoms with E-state index in [1.165, 1.54) is 78.1 Å². The molecule has 0 saturated heterocycles. The molecule has 0 atom stereocenters. The topological polar surface area (TPSA) is 6.48 Å². The lowest BCUT2D eigenvalue weighted by Gasteiger charge is -2.39. The highest BCUT2D eigenvalue weighted by Gasteiger charge is 2.52. The summed E-state index contributed by atoms with van der Waals surface area (Å²) in [5.41, 5.74) is 21.2. The molecule has 0 fully saturated rings. The number of allylic oxidation sites excluding steroid dienone is 1. The molecule has 0 aromatic heterocycles. The molecule has 1 aliphatic carbocycles. The lowest BCUT2D eigenvalue weighted by molar-refractivity contribution is 0.590. The Morgan fingerprint density at radius 1 is 0.566 bits per heavy atom. The molecule has 6 aromatic rings. The Kier molecular flexibility index (Phi) is 7.35. The normalized spacial score (nSPS) is 15.3. The van der Waals surface area contributed by atoms with Gasteiger partial charge in [0.1, 0.15) is 0 Å². The first kappa shape index (κ1) is 33.6. The number of para-hydroxylation sites is 1. The molecule has 0 N–H and O–H groups in total. The quantitative estimate of drug-likeness (QED) is 0.170. The zero-order valence-electron chi connectivity index (χ0n) is 32.7. The highest BCUT2D eigenvalue weighted by Crippen LogP contribution is 2.55. The van der Waals surface area contributed by atoms with Gasteiger partial charge >= 0.3 is 0 Å². The van der Waals surface area contributed by atoms with E-state index in [4.69, 9.17) is 0 Å². The summed E-state index contributed by atoms with van der Waals surface area (Å²) in [6, 6.07) is 50.6. The molecular formula is C50H49BN2. The number of hydrogen-bond donors (Lipinski definition) is 0. The Bertz CT molecular complexity index is 2380. The van der Waals surface area contributed by atoms with Crippen LogP contribution in [0.1, 0.15) is 88.8 Å². The maximum Gasteiger partial charge on any atom is 0.245 e. The van der Waals surface area contributed by atoms with Crippen LogP contribution in [0.2, 0.25) is 0 Å². The molecule has 3 heteroatoms. The lowest BCUT2D eigenvalue weighted by atomic mass is 9.33. The van der Waals surface area contributed by atoms with Crippen molar-refractivity contribution in [3.8, 4) is 0 Å². The molecule has 0 amide bonds. The van der Waals surface area contributed by atoms with E-state index in [0.29, 0.717) is 0 Å². The van der Waals surface area contributed by atoms with Crippen LogP contribution in [0.5, 0.6) is 0 Å². The van der Waals surface area contributed by atoms with Gasteiger partial charge in [0.15, 0.2) is 0 Å². The van der Waals surface area contributed by atoms with Crippen molar-refractivity contribution >= 4 is 57.3 Å². The fraction of sp³-hybridized carbons (Fsp3) is 0.240. The van der Waals surface area contributed by atoms with E-state index < -0.39 is 0 Å². The van der Waals surface area contributed by atoms with Gasteiger partial charge in [-0.25, -0.2) is 0 Å². The molecule has 0 radical (unpaired) electrons. The maximum atomic E-state index is 2.52. The van der Waals surface area contributed by atoms with Crippen LogP contribution in [0.3, 0.4) is 0 Å². The third kappa shape index (κ3) is 5.15. The number of anilines is 6. The number of rotatable bonds is 4. The molecule has 3 aliphatic rings. The minimum Gasteiger partial charge on any atom is -0.311 e. The third-order valence-corrected chi connectivity index (χ3v) is 12.0. The summed E-state index contributed by atoms with van der Waals surface area (Å²) in [6.07, 6.45) is 0. The van der Waals surface area contributed by atoms with E-state index >= 15 is 0 Å². The lowest BCUT2D eigenvalue weighted by Crippen LogP contribution is -2.53. The third-order valence-electron chi connectivity index (χ3n) is 12.0. The van der Waals surface area contributed by atoms with Crippen LogP contribution in [0, 0.1) is 6.92 Å². The minimum atomic E-state index is -0.117. The molecule has 6 aromatic carbocycles. The Labute approximate surface area is 316 Å². The van der Waals surface area contributed by atoms with Crippen LogP contribution >= 0.6 is 0 Å². The standard InChI is InChI=1S/C50H49BN2/c1-32-29-40-45-39-17-13-14-18-41(39)50(8,9)47(45)51-42-31-38(27-28-43(42)53(44(30-32)46(40)51)35-15-11-10-12-16-35)52(36-23-19-33(20-24-36)48(2,3)4)37-25-21-34(22-26-37)49(5,6)7/h10-31H,1-9H3. The average Bonchev–Trinajstić information content (AvgIpc) is 3.59. The second kappa shape index (κ2) is 11.6. The van der Waals surface area contributed by atoms with Crippen molar-refractivity contribution in [2.45, 2.75) is 78.6 Å². The average molecular weight is 689 g/mol. The maximum absolute atomic E-state index is 2.52. The second-order valence-corrected chi connectivity index (χ2v) is 18.0. The first-order valence-corrected chi connectivity index (χ1v) is 19.2. The van der Waals surface area contributed by atoms with Crippen molar-refractivity contribution in [3.63, 3.8) is 0 Å². The van der Waals surface area contributed by atoms with Crippen LogP contribution in [0.25, 0.3) is 5.57 Å². The summed E-state index contributed by atoms with van der Waals surface area (Å²) in [6.45, 7) is 21.0. The molecule has 9 rings (SSSR count). The molecule has 2 aliphatic heterocycles. The summed E-state index contributed by atoms with van der Waals surface area (Å²) >= 11 is 0. The first-order valence-electron chi connectivity index (χ1n) is 19.2. The van der Waals surface area contributed by atoms with E-state index in [1.54, 1.807) is 0 Å². The molecule has 0 saturated carbocycles. The summed E-state index contributed by atoms with van der Waals surface area (Å²) < 4.78 is 0. The van der Waals surface area contributed by atoms with Gasteiger partial charge in [0.2, 0.25) is 6.71 Å². The van der Waals surface area contributed by atoms with E-state index in [2.05, 4.69) is 206 Å². The van der Waals surface area contributed by atoms with Gasteiger partial charge in [-0.2, -0.15) is 0 Å². The van der Waals surface area contributed by atoms with Gasteiger partial charge in [-0.15, -0.1) is 0 Å².